The highest BCUT2D eigenvalue weighted by atomic mass is 79.9. The Morgan fingerprint density at radius 3 is 2.71 bits per heavy atom. The number of nitrogens with zero attached hydrogens (tertiary/aromatic N) is 2. The van der Waals surface area contributed by atoms with Crippen molar-refractivity contribution in [2.75, 3.05) is 16.8 Å². The molecule has 7 nitrogen and oxygen atoms in total. The van der Waals surface area contributed by atoms with Crippen molar-refractivity contribution in [1.29, 1.82) is 0 Å². The summed E-state index contributed by atoms with van der Waals surface area (Å²) in [5.41, 5.74) is 0.541. The van der Waals surface area contributed by atoms with Crippen molar-refractivity contribution in [1.82, 2.24) is 4.98 Å². The Morgan fingerprint density at radius 1 is 1.21 bits per heavy atom. The molecule has 0 saturated heterocycles. The smallest absolute Gasteiger partial charge is 0.340 e. The molecule has 1 fully saturated rings. The predicted octanol–water partition coefficient (Wildman–Crippen LogP) is 3.30. The lowest BCUT2D eigenvalue weighted by Crippen LogP contribution is -2.61. The van der Waals surface area contributed by atoms with Crippen molar-refractivity contribution in [2.45, 2.75) is 31.2 Å². The van der Waals surface area contributed by atoms with Crippen LogP contribution in [0.5, 0.6) is 0 Å². The van der Waals surface area contributed by atoms with Gasteiger partial charge in [0.25, 0.3) is 11.8 Å². The molecule has 1 spiro atoms. The van der Waals surface area contributed by atoms with Gasteiger partial charge in [0.1, 0.15) is 5.54 Å². The van der Waals surface area contributed by atoms with E-state index in [2.05, 4.69) is 26.2 Å². The molecule has 1 aliphatic carbocycles. The van der Waals surface area contributed by atoms with Gasteiger partial charge in [0, 0.05) is 16.9 Å². The number of pyridine rings is 1. The van der Waals surface area contributed by atoms with Crippen LogP contribution >= 0.6 is 15.9 Å². The molecule has 144 valence electrons. The van der Waals surface area contributed by atoms with Crippen LogP contribution in [0.25, 0.3) is 0 Å². The van der Waals surface area contributed by atoms with Crippen molar-refractivity contribution in [2.24, 2.45) is 0 Å². The normalized spacial score (nSPS) is 17.2. The van der Waals surface area contributed by atoms with Crippen molar-refractivity contribution >= 4 is 45.1 Å². The van der Waals surface area contributed by atoms with Crippen LogP contribution in [-0.2, 0) is 14.3 Å². The van der Waals surface area contributed by atoms with Gasteiger partial charge >= 0.3 is 5.97 Å². The summed E-state index contributed by atoms with van der Waals surface area (Å²) in [4.78, 5) is 43.7. The molecular weight excluding hydrogens is 426 g/mol. The topological polar surface area (TPSA) is 88.6 Å². The number of halogens is 1. The first-order valence-electron chi connectivity index (χ1n) is 9.02. The number of carbonyl (C=O) groups is 3. The fourth-order valence-electron chi connectivity index (χ4n) is 3.93. The van der Waals surface area contributed by atoms with E-state index in [1.807, 2.05) is 6.07 Å². The number of aromatic nitrogens is 1. The van der Waals surface area contributed by atoms with Crippen LogP contribution in [0.3, 0.4) is 0 Å². The number of hydrogen-bond donors (Lipinski definition) is 1. The molecule has 2 heterocycles. The zero-order valence-electron chi connectivity index (χ0n) is 15.0. The molecule has 4 rings (SSSR count). The largest absolute Gasteiger partial charge is 0.452 e. The van der Waals surface area contributed by atoms with E-state index < -0.39 is 24.0 Å². The summed E-state index contributed by atoms with van der Waals surface area (Å²) in [6, 6.07) is 8.75. The van der Waals surface area contributed by atoms with Crippen LogP contribution in [-0.4, -0.2) is 34.9 Å². The molecule has 1 aromatic heterocycles. The van der Waals surface area contributed by atoms with Crippen LogP contribution in [0.1, 0.15) is 36.0 Å². The first kappa shape index (κ1) is 18.6. The number of esters is 1. The van der Waals surface area contributed by atoms with Crippen molar-refractivity contribution < 1.29 is 19.1 Å². The monoisotopic (exact) mass is 443 g/mol. The molecule has 1 saturated carbocycles. The number of para-hydroxylation sites is 2. The number of hydrogen-bond acceptors (Lipinski definition) is 5. The number of amides is 2. The standard InChI is InChI=1S/C20H18BrN3O4/c21-14-9-13(10-22-11-14)18(26)28-12-17(25)24-16-6-2-1-5-15(16)23-19(27)20(24)7-3-4-8-20/h1-2,5-6,9-11H,3-4,7-8,12H2,(H,23,27). The van der Waals surface area contributed by atoms with Crippen LogP contribution in [0.4, 0.5) is 11.4 Å². The first-order chi connectivity index (χ1) is 13.5. The summed E-state index contributed by atoms with van der Waals surface area (Å²) in [5, 5.41) is 2.92. The molecule has 0 unspecified atom stereocenters. The number of anilines is 2. The second kappa shape index (κ2) is 7.35. The van der Waals surface area contributed by atoms with E-state index in [9.17, 15) is 14.4 Å². The Balaban J connectivity index is 1.59. The molecular formula is C20H18BrN3O4. The van der Waals surface area contributed by atoms with E-state index in [1.165, 1.54) is 11.1 Å². The summed E-state index contributed by atoms with van der Waals surface area (Å²) >= 11 is 3.25. The van der Waals surface area contributed by atoms with Crippen molar-refractivity contribution in [3.05, 3.63) is 52.8 Å². The van der Waals surface area contributed by atoms with Crippen molar-refractivity contribution in [3.63, 3.8) is 0 Å². The molecule has 0 radical (unpaired) electrons. The maximum absolute atomic E-state index is 13.1. The molecule has 8 heteroatoms. The van der Waals surface area contributed by atoms with Gasteiger partial charge in [0.15, 0.2) is 6.61 Å². The second-order valence-corrected chi connectivity index (χ2v) is 7.82. The Labute approximate surface area is 170 Å². The van der Waals surface area contributed by atoms with Gasteiger partial charge in [0.2, 0.25) is 0 Å². The van der Waals surface area contributed by atoms with E-state index in [4.69, 9.17) is 4.74 Å². The van der Waals surface area contributed by atoms with Gasteiger partial charge in [-0.2, -0.15) is 0 Å². The average molecular weight is 444 g/mol. The number of ether oxygens (including phenoxy) is 1. The molecule has 1 aromatic carbocycles. The van der Waals surface area contributed by atoms with Crippen LogP contribution < -0.4 is 10.2 Å². The van der Waals surface area contributed by atoms with E-state index in [-0.39, 0.29) is 11.5 Å². The maximum atomic E-state index is 13.1. The van der Waals surface area contributed by atoms with Crippen LogP contribution in [0.15, 0.2) is 47.2 Å². The first-order valence-corrected chi connectivity index (χ1v) is 9.82. The fourth-order valence-corrected chi connectivity index (χ4v) is 4.29. The minimum absolute atomic E-state index is 0.181. The molecule has 2 aromatic rings. The second-order valence-electron chi connectivity index (χ2n) is 6.91. The molecule has 28 heavy (non-hydrogen) atoms. The fraction of sp³-hybridized carbons (Fsp3) is 0.300. The third kappa shape index (κ3) is 3.17. The van der Waals surface area contributed by atoms with Gasteiger partial charge in [-0.3, -0.25) is 19.5 Å². The van der Waals surface area contributed by atoms with Gasteiger partial charge in [0.05, 0.1) is 16.9 Å². The molecule has 1 aliphatic heterocycles. The quantitative estimate of drug-likeness (QED) is 0.735. The maximum Gasteiger partial charge on any atom is 0.340 e. The number of nitrogens with one attached hydrogen (secondary N) is 1. The third-order valence-corrected chi connectivity index (χ3v) is 5.62. The SMILES string of the molecule is O=C(OCC(=O)N1c2ccccc2NC(=O)C12CCCC2)c1cncc(Br)c1. The molecule has 2 amide bonds. The van der Waals surface area contributed by atoms with E-state index in [0.29, 0.717) is 28.7 Å². The highest BCUT2D eigenvalue weighted by Crippen LogP contribution is 2.45. The van der Waals surface area contributed by atoms with Crippen LogP contribution in [0.2, 0.25) is 0 Å². The zero-order valence-corrected chi connectivity index (χ0v) is 16.6. The summed E-state index contributed by atoms with van der Waals surface area (Å²) < 4.78 is 5.87. The number of carbonyl (C=O) groups excluding carboxylic acids is 3. The molecule has 2 aliphatic rings. The molecule has 0 atom stereocenters. The van der Waals surface area contributed by atoms with Crippen molar-refractivity contribution in [3.8, 4) is 0 Å². The Kier molecular flexibility index (Phi) is 4.89. The number of benzene rings is 1. The minimum atomic E-state index is -0.921. The Morgan fingerprint density at radius 2 is 1.96 bits per heavy atom. The van der Waals surface area contributed by atoms with E-state index in [1.54, 1.807) is 30.5 Å². The lowest BCUT2D eigenvalue weighted by molar-refractivity contribution is -0.129. The highest BCUT2D eigenvalue weighted by Gasteiger charge is 2.52. The summed E-state index contributed by atoms with van der Waals surface area (Å²) in [6.45, 7) is -0.450. The Bertz CT molecular complexity index is 956. The molecule has 0 bridgehead atoms. The lowest BCUT2D eigenvalue weighted by Gasteiger charge is -2.44. The van der Waals surface area contributed by atoms with Gasteiger partial charge in [-0.25, -0.2) is 4.79 Å². The van der Waals surface area contributed by atoms with Gasteiger partial charge in [-0.15, -0.1) is 0 Å². The summed E-state index contributed by atoms with van der Waals surface area (Å²) in [7, 11) is 0. The van der Waals surface area contributed by atoms with Gasteiger partial charge < -0.3 is 10.1 Å². The molecule has 1 N–H and O–H groups in total. The Hall–Kier alpha value is -2.74. The minimum Gasteiger partial charge on any atom is -0.452 e. The van der Waals surface area contributed by atoms with E-state index >= 15 is 0 Å². The average Bonchev–Trinajstić information content (AvgIpc) is 3.17. The zero-order chi connectivity index (χ0) is 19.7. The third-order valence-electron chi connectivity index (χ3n) is 5.19. The number of fused-ring (bicyclic) bond motifs is 1. The van der Waals surface area contributed by atoms with Crippen LogP contribution in [0, 0.1) is 0 Å². The highest BCUT2D eigenvalue weighted by molar-refractivity contribution is 9.10. The summed E-state index contributed by atoms with van der Waals surface area (Å²) in [5.74, 6) is -1.24. The van der Waals surface area contributed by atoms with E-state index in [0.717, 1.165) is 12.8 Å². The van der Waals surface area contributed by atoms with Gasteiger partial charge in [-0.1, -0.05) is 25.0 Å². The summed E-state index contributed by atoms with van der Waals surface area (Å²) in [6.07, 6.45) is 5.82. The predicted molar refractivity (Wildman–Crippen MR) is 106 cm³/mol. The number of rotatable bonds is 3. The lowest BCUT2D eigenvalue weighted by atomic mass is 9.90. The van der Waals surface area contributed by atoms with Gasteiger partial charge in [-0.05, 0) is 47.0 Å².